The van der Waals surface area contributed by atoms with Gasteiger partial charge in [-0.2, -0.15) is 0 Å². The van der Waals surface area contributed by atoms with E-state index < -0.39 is 0 Å². The predicted molar refractivity (Wildman–Crippen MR) is 98.3 cm³/mol. The molecule has 2 saturated heterocycles. The molecule has 1 amide bonds. The van der Waals surface area contributed by atoms with Gasteiger partial charge in [-0.25, -0.2) is 0 Å². The second-order valence-electron chi connectivity index (χ2n) is 7.99. The summed E-state index contributed by atoms with van der Waals surface area (Å²) < 4.78 is 5.54. The molecule has 4 nitrogen and oxygen atoms in total. The fourth-order valence-corrected chi connectivity index (χ4v) is 4.87. The highest BCUT2D eigenvalue weighted by molar-refractivity contribution is 5.82. The quantitative estimate of drug-likeness (QED) is 0.828. The van der Waals surface area contributed by atoms with E-state index in [0.29, 0.717) is 11.3 Å². The minimum atomic E-state index is 0.0173. The summed E-state index contributed by atoms with van der Waals surface area (Å²) in [4.78, 5) is 17.8. The minimum absolute atomic E-state index is 0.0173. The van der Waals surface area contributed by atoms with E-state index in [1.165, 1.54) is 24.0 Å². The molecular formula is C21H30N2O2. The Morgan fingerprint density at radius 1 is 1.12 bits per heavy atom. The van der Waals surface area contributed by atoms with Crippen LogP contribution in [-0.2, 0) is 22.5 Å². The van der Waals surface area contributed by atoms with Crippen LogP contribution in [0.3, 0.4) is 0 Å². The third-order valence-electron chi connectivity index (χ3n) is 6.73. The number of hydrogen-bond donors (Lipinski definition) is 0. The molecule has 4 heteroatoms. The third kappa shape index (κ3) is 3.34. The molecule has 0 aromatic heterocycles. The Morgan fingerprint density at radius 3 is 2.48 bits per heavy atom. The Bertz CT molecular complexity index is 614. The summed E-state index contributed by atoms with van der Waals surface area (Å²) in [7, 11) is 0. The van der Waals surface area contributed by atoms with E-state index >= 15 is 0 Å². The maximum atomic E-state index is 13.3. The molecule has 0 saturated carbocycles. The van der Waals surface area contributed by atoms with Gasteiger partial charge in [-0.1, -0.05) is 31.2 Å². The Kier molecular flexibility index (Phi) is 4.83. The van der Waals surface area contributed by atoms with Crippen LogP contribution in [0.25, 0.3) is 0 Å². The Balaban J connectivity index is 1.44. The molecule has 1 aromatic carbocycles. The number of likely N-dealkylation sites (tertiary alicyclic amines) is 1. The summed E-state index contributed by atoms with van der Waals surface area (Å²) in [5.41, 5.74) is 3.18. The number of rotatable bonds is 2. The van der Waals surface area contributed by atoms with Gasteiger partial charge in [-0.15, -0.1) is 0 Å². The largest absolute Gasteiger partial charge is 0.381 e. The van der Waals surface area contributed by atoms with Gasteiger partial charge in [-0.3, -0.25) is 9.69 Å². The van der Waals surface area contributed by atoms with Crippen LogP contribution in [0.15, 0.2) is 24.3 Å². The summed E-state index contributed by atoms with van der Waals surface area (Å²) in [5, 5.41) is 0. The highest BCUT2D eigenvalue weighted by atomic mass is 16.5. The molecule has 136 valence electrons. The summed E-state index contributed by atoms with van der Waals surface area (Å²) in [5.74, 6) is 0.346. The lowest BCUT2D eigenvalue weighted by Crippen LogP contribution is -2.54. The molecule has 25 heavy (non-hydrogen) atoms. The summed E-state index contributed by atoms with van der Waals surface area (Å²) in [6.07, 6.45) is 5.51. The molecule has 0 bridgehead atoms. The van der Waals surface area contributed by atoms with Crippen molar-refractivity contribution < 1.29 is 9.53 Å². The number of hydrogen-bond acceptors (Lipinski definition) is 3. The van der Waals surface area contributed by atoms with E-state index in [2.05, 4.69) is 41.0 Å². The Hall–Kier alpha value is -1.39. The van der Waals surface area contributed by atoms with E-state index in [9.17, 15) is 4.79 Å². The highest BCUT2D eigenvalue weighted by Crippen LogP contribution is 2.41. The first-order valence-corrected chi connectivity index (χ1v) is 9.88. The fraction of sp³-hybridized carbons (Fsp3) is 0.667. The van der Waals surface area contributed by atoms with Crippen LogP contribution >= 0.6 is 0 Å². The monoisotopic (exact) mass is 342 g/mol. The van der Waals surface area contributed by atoms with E-state index in [1.807, 2.05) is 0 Å². The number of carbonyl (C=O) groups is 1. The van der Waals surface area contributed by atoms with Crippen LogP contribution in [0.5, 0.6) is 0 Å². The molecule has 1 aromatic rings. The normalized spacial score (nSPS) is 26.4. The summed E-state index contributed by atoms with van der Waals surface area (Å²) in [6.45, 7) is 7.65. The summed E-state index contributed by atoms with van der Waals surface area (Å²) in [6, 6.07) is 8.61. The van der Waals surface area contributed by atoms with Gasteiger partial charge < -0.3 is 9.64 Å². The second-order valence-corrected chi connectivity index (χ2v) is 7.99. The molecule has 0 N–H and O–H groups in total. The van der Waals surface area contributed by atoms with Crippen LogP contribution in [0.4, 0.5) is 0 Å². The van der Waals surface area contributed by atoms with Crippen molar-refractivity contribution in [3.05, 3.63) is 35.4 Å². The van der Waals surface area contributed by atoms with E-state index in [0.717, 1.165) is 58.7 Å². The molecule has 1 spiro atoms. The molecular weight excluding hydrogens is 312 g/mol. The van der Waals surface area contributed by atoms with Gasteiger partial charge in [0, 0.05) is 32.8 Å². The number of ether oxygens (including phenoxy) is 1. The van der Waals surface area contributed by atoms with Crippen molar-refractivity contribution in [3.63, 3.8) is 0 Å². The van der Waals surface area contributed by atoms with Crippen molar-refractivity contribution in [2.24, 2.45) is 5.41 Å². The molecule has 3 aliphatic heterocycles. The smallest absolute Gasteiger partial charge is 0.240 e. The van der Waals surface area contributed by atoms with Crippen LogP contribution in [0.2, 0.25) is 0 Å². The lowest BCUT2D eigenvalue weighted by atomic mass is 9.72. The topological polar surface area (TPSA) is 32.8 Å². The first kappa shape index (κ1) is 17.0. The predicted octanol–water partition coefficient (Wildman–Crippen LogP) is 2.85. The molecule has 3 aliphatic rings. The van der Waals surface area contributed by atoms with Crippen molar-refractivity contribution >= 4 is 5.91 Å². The van der Waals surface area contributed by atoms with E-state index in [-0.39, 0.29) is 6.04 Å². The number of fused-ring (bicyclic) bond motifs is 1. The lowest BCUT2D eigenvalue weighted by Gasteiger charge is -2.46. The highest BCUT2D eigenvalue weighted by Gasteiger charge is 2.40. The summed E-state index contributed by atoms with van der Waals surface area (Å²) >= 11 is 0. The average molecular weight is 342 g/mol. The third-order valence-corrected chi connectivity index (χ3v) is 6.73. The van der Waals surface area contributed by atoms with Crippen LogP contribution < -0.4 is 0 Å². The first-order valence-electron chi connectivity index (χ1n) is 9.88. The van der Waals surface area contributed by atoms with E-state index in [1.54, 1.807) is 0 Å². The second kappa shape index (κ2) is 7.08. The zero-order valence-electron chi connectivity index (χ0n) is 15.4. The molecule has 3 heterocycles. The fourth-order valence-electron chi connectivity index (χ4n) is 4.87. The van der Waals surface area contributed by atoms with Crippen molar-refractivity contribution in [3.8, 4) is 0 Å². The van der Waals surface area contributed by atoms with Crippen molar-refractivity contribution in [2.45, 2.75) is 51.6 Å². The zero-order chi connectivity index (χ0) is 17.3. The molecule has 0 aliphatic carbocycles. The Morgan fingerprint density at radius 2 is 1.80 bits per heavy atom. The van der Waals surface area contributed by atoms with Gasteiger partial charge >= 0.3 is 0 Å². The SMILES string of the molecule is CCN1Cc2ccccc2C[C@@H]1C(=O)N1CCC2(CCOCC2)CC1. The maximum Gasteiger partial charge on any atom is 0.240 e. The zero-order valence-corrected chi connectivity index (χ0v) is 15.4. The Labute approximate surface area is 151 Å². The minimum Gasteiger partial charge on any atom is -0.381 e. The van der Waals surface area contributed by atoms with Gasteiger partial charge in [-0.05, 0) is 55.2 Å². The number of likely N-dealkylation sites (N-methyl/N-ethyl adjacent to an activating group) is 1. The average Bonchev–Trinajstić information content (AvgIpc) is 2.67. The van der Waals surface area contributed by atoms with Gasteiger partial charge in [0.2, 0.25) is 5.91 Å². The number of nitrogens with zero attached hydrogens (tertiary/aromatic N) is 2. The number of amides is 1. The number of piperidine rings is 1. The van der Waals surface area contributed by atoms with Crippen LogP contribution in [0, 0.1) is 5.41 Å². The van der Waals surface area contributed by atoms with Crippen molar-refractivity contribution in [1.82, 2.24) is 9.80 Å². The van der Waals surface area contributed by atoms with Crippen LogP contribution in [-0.4, -0.2) is 54.6 Å². The first-order chi connectivity index (χ1) is 12.2. The molecule has 0 radical (unpaired) electrons. The number of carbonyl (C=O) groups excluding carboxylic acids is 1. The molecule has 4 rings (SSSR count). The van der Waals surface area contributed by atoms with Gasteiger partial charge in [0.1, 0.15) is 0 Å². The van der Waals surface area contributed by atoms with Gasteiger partial charge in [0.15, 0.2) is 0 Å². The van der Waals surface area contributed by atoms with Gasteiger partial charge in [0.25, 0.3) is 0 Å². The van der Waals surface area contributed by atoms with Crippen molar-refractivity contribution in [1.29, 1.82) is 0 Å². The maximum absolute atomic E-state index is 13.3. The van der Waals surface area contributed by atoms with Gasteiger partial charge in [0.05, 0.1) is 6.04 Å². The molecule has 2 fully saturated rings. The molecule has 0 unspecified atom stereocenters. The van der Waals surface area contributed by atoms with Crippen molar-refractivity contribution in [2.75, 3.05) is 32.8 Å². The molecule has 1 atom stereocenters. The number of benzene rings is 1. The van der Waals surface area contributed by atoms with Crippen LogP contribution in [0.1, 0.15) is 43.7 Å². The van der Waals surface area contributed by atoms with E-state index in [4.69, 9.17) is 4.74 Å². The standard InChI is InChI=1S/C21H30N2O2/c1-2-22-16-18-6-4-3-5-17(18)15-19(22)20(24)23-11-7-21(8-12-23)9-13-25-14-10-21/h3-6,19H,2,7-16H2,1H3/t19-/m1/s1. The lowest BCUT2D eigenvalue weighted by molar-refractivity contribution is -0.141.